The molecule has 0 aromatic carbocycles. The van der Waals surface area contributed by atoms with E-state index in [1.54, 1.807) is 6.20 Å². The lowest BCUT2D eigenvalue weighted by molar-refractivity contribution is 0.363. The molecule has 1 heterocycles. The highest BCUT2D eigenvalue weighted by Crippen LogP contribution is 1.91. The van der Waals surface area contributed by atoms with Gasteiger partial charge in [0.1, 0.15) is 0 Å². The standard InChI is InChI=1S/C4H7N3O.ClH/c5-2-1-4-3-6-7-8-4;/h3H,1-2,5H2;1H. The van der Waals surface area contributed by atoms with Crippen molar-refractivity contribution in [2.75, 3.05) is 6.54 Å². The van der Waals surface area contributed by atoms with E-state index in [1.165, 1.54) is 0 Å². The highest BCUT2D eigenvalue weighted by molar-refractivity contribution is 5.85. The summed E-state index contributed by atoms with van der Waals surface area (Å²) in [4.78, 5) is 0. The van der Waals surface area contributed by atoms with E-state index in [0.29, 0.717) is 13.0 Å². The molecule has 0 saturated heterocycles. The molecule has 0 radical (unpaired) electrons. The molecule has 0 spiro atoms. The average Bonchev–Trinajstić information content (AvgIpc) is 2.19. The van der Waals surface area contributed by atoms with Gasteiger partial charge in [-0.1, -0.05) is 0 Å². The maximum atomic E-state index is 5.20. The summed E-state index contributed by atoms with van der Waals surface area (Å²) in [7, 11) is 0. The van der Waals surface area contributed by atoms with E-state index in [2.05, 4.69) is 14.9 Å². The van der Waals surface area contributed by atoms with Crippen LogP contribution in [0.1, 0.15) is 5.76 Å². The molecular weight excluding hydrogens is 142 g/mol. The van der Waals surface area contributed by atoms with Crippen LogP contribution < -0.4 is 5.73 Å². The number of aromatic nitrogens is 2. The minimum atomic E-state index is 0. The molecule has 1 aromatic rings. The van der Waals surface area contributed by atoms with Gasteiger partial charge in [-0.3, -0.25) is 0 Å². The van der Waals surface area contributed by atoms with Crippen LogP contribution in [0.15, 0.2) is 10.7 Å². The molecule has 0 aliphatic carbocycles. The molecule has 0 bridgehead atoms. The van der Waals surface area contributed by atoms with Crippen LogP contribution in [0, 0.1) is 0 Å². The summed E-state index contributed by atoms with van der Waals surface area (Å²) < 4.78 is 4.63. The Labute approximate surface area is 58.8 Å². The monoisotopic (exact) mass is 149 g/mol. The lowest BCUT2D eigenvalue weighted by Crippen LogP contribution is -2.01. The second-order valence-electron chi connectivity index (χ2n) is 1.42. The van der Waals surface area contributed by atoms with E-state index in [1.807, 2.05) is 0 Å². The molecule has 0 saturated carbocycles. The Morgan fingerprint density at radius 1 is 1.67 bits per heavy atom. The van der Waals surface area contributed by atoms with Gasteiger partial charge < -0.3 is 10.3 Å². The molecule has 52 valence electrons. The van der Waals surface area contributed by atoms with Gasteiger partial charge in [0.25, 0.3) is 0 Å². The van der Waals surface area contributed by atoms with Gasteiger partial charge in [0.15, 0.2) is 5.76 Å². The van der Waals surface area contributed by atoms with Gasteiger partial charge in [-0.2, -0.15) is 0 Å². The first-order chi connectivity index (χ1) is 3.93. The van der Waals surface area contributed by atoms with E-state index in [-0.39, 0.29) is 12.4 Å². The summed E-state index contributed by atoms with van der Waals surface area (Å²) >= 11 is 0. The Hall–Kier alpha value is -0.610. The second-order valence-corrected chi connectivity index (χ2v) is 1.42. The van der Waals surface area contributed by atoms with Crippen molar-refractivity contribution in [1.29, 1.82) is 0 Å². The maximum Gasteiger partial charge on any atom is 0.158 e. The first-order valence-corrected chi connectivity index (χ1v) is 2.40. The van der Waals surface area contributed by atoms with Gasteiger partial charge in [0.05, 0.1) is 6.20 Å². The van der Waals surface area contributed by atoms with Crippen molar-refractivity contribution >= 4 is 12.4 Å². The van der Waals surface area contributed by atoms with Crippen LogP contribution in [0.5, 0.6) is 0 Å². The van der Waals surface area contributed by atoms with Crippen LogP contribution in [0.4, 0.5) is 0 Å². The zero-order chi connectivity index (χ0) is 5.82. The highest BCUT2D eigenvalue weighted by atomic mass is 35.5. The van der Waals surface area contributed by atoms with Crippen molar-refractivity contribution in [2.24, 2.45) is 5.73 Å². The van der Waals surface area contributed by atoms with Gasteiger partial charge in [-0.05, 0) is 6.54 Å². The summed E-state index contributed by atoms with van der Waals surface area (Å²) in [6.07, 6.45) is 2.28. The third-order valence-electron chi connectivity index (χ3n) is 0.798. The van der Waals surface area contributed by atoms with Crippen molar-refractivity contribution < 1.29 is 4.52 Å². The third kappa shape index (κ3) is 2.43. The maximum absolute atomic E-state index is 5.20. The van der Waals surface area contributed by atoms with E-state index in [9.17, 15) is 0 Å². The zero-order valence-electron chi connectivity index (χ0n) is 4.78. The molecule has 0 unspecified atom stereocenters. The quantitative estimate of drug-likeness (QED) is 0.643. The SMILES string of the molecule is Cl.NCCc1cnno1. The van der Waals surface area contributed by atoms with Crippen molar-refractivity contribution in [3.05, 3.63) is 12.0 Å². The van der Waals surface area contributed by atoms with Crippen molar-refractivity contribution in [3.8, 4) is 0 Å². The van der Waals surface area contributed by atoms with Crippen molar-refractivity contribution in [1.82, 2.24) is 10.4 Å². The third-order valence-corrected chi connectivity index (χ3v) is 0.798. The topological polar surface area (TPSA) is 64.9 Å². The van der Waals surface area contributed by atoms with Crippen LogP contribution >= 0.6 is 12.4 Å². The molecule has 1 aromatic heterocycles. The zero-order valence-corrected chi connectivity index (χ0v) is 5.60. The Kier molecular flexibility index (Phi) is 4.00. The number of hydrogen-bond donors (Lipinski definition) is 1. The van der Waals surface area contributed by atoms with Gasteiger partial charge in [-0.15, -0.1) is 17.5 Å². The molecule has 0 atom stereocenters. The van der Waals surface area contributed by atoms with Crippen LogP contribution in [0.2, 0.25) is 0 Å². The Bertz CT molecular complexity index is 142. The average molecular weight is 150 g/mol. The normalized spacial score (nSPS) is 8.56. The Morgan fingerprint density at radius 3 is 2.89 bits per heavy atom. The van der Waals surface area contributed by atoms with Gasteiger partial charge in [0, 0.05) is 11.7 Å². The molecule has 5 heteroatoms. The largest absolute Gasteiger partial charge is 0.342 e. The predicted octanol–water partition coefficient (Wildman–Crippen LogP) is -0.00740. The lowest BCUT2D eigenvalue weighted by Gasteiger charge is -1.82. The van der Waals surface area contributed by atoms with E-state index in [4.69, 9.17) is 5.73 Å². The molecular formula is C4H8ClN3O. The first kappa shape index (κ1) is 8.39. The summed E-state index contributed by atoms with van der Waals surface area (Å²) in [5, 5.41) is 6.73. The van der Waals surface area contributed by atoms with E-state index in [0.717, 1.165) is 5.76 Å². The van der Waals surface area contributed by atoms with Crippen LogP contribution in [0.25, 0.3) is 0 Å². The molecule has 0 aliphatic heterocycles. The minimum Gasteiger partial charge on any atom is -0.342 e. The summed E-state index contributed by atoms with van der Waals surface area (Å²) in [6, 6.07) is 0. The van der Waals surface area contributed by atoms with Gasteiger partial charge in [0.2, 0.25) is 0 Å². The smallest absolute Gasteiger partial charge is 0.158 e. The molecule has 2 N–H and O–H groups in total. The summed E-state index contributed by atoms with van der Waals surface area (Å²) in [5.74, 6) is 0.743. The minimum absolute atomic E-state index is 0. The lowest BCUT2D eigenvalue weighted by atomic mass is 10.4. The second kappa shape index (κ2) is 4.29. The molecule has 0 fully saturated rings. The Morgan fingerprint density at radius 2 is 2.44 bits per heavy atom. The molecule has 9 heavy (non-hydrogen) atoms. The van der Waals surface area contributed by atoms with E-state index < -0.39 is 0 Å². The highest BCUT2D eigenvalue weighted by Gasteiger charge is 1.92. The van der Waals surface area contributed by atoms with Gasteiger partial charge in [-0.25, -0.2) is 0 Å². The number of rotatable bonds is 2. The molecule has 0 amide bonds. The fourth-order valence-corrected chi connectivity index (χ4v) is 0.440. The summed E-state index contributed by atoms with van der Waals surface area (Å²) in [5.41, 5.74) is 5.20. The van der Waals surface area contributed by atoms with Crippen LogP contribution in [0.3, 0.4) is 0 Å². The van der Waals surface area contributed by atoms with E-state index >= 15 is 0 Å². The fraction of sp³-hybridized carbons (Fsp3) is 0.500. The number of hydrogen-bond acceptors (Lipinski definition) is 4. The predicted molar refractivity (Wildman–Crippen MR) is 34.3 cm³/mol. The molecule has 1 rings (SSSR count). The van der Waals surface area contributed by atoms with Crippen LogP contribution in [-0.4, -0.2) is 16.9 Å². The number of nitrogens with zero attached hydrogens (tertiary/aromatic N) is 2. The van der Waals surface area contributed by atoms with Crippen molar-refractivity contribution in [3.63, 3.8) is 0 Å². The number of nitrogens with two attached hydrogens (primary N) is 1. The Balaban J connectivity index is 0.000000640. The molecule has 4 nitrogen and oxygen atoms in total. The van der Waals surface area contributed by atoms with Crippen LogP contribution in [-0.2, 0) is 6.42 Å². The first-order valence-electron chi connectivity index (χ1n) is 2.40. The fourth-order valence-electron chi connectivity index (χ4n) is 0.440. The number of halogens is 1. The van der Waals surface area contributed by atoms with Crippen molar-refractivity contribution in [2.45, 2.75) is 6.42 Å². The summed E-state index contributed by atoms with van der Waals surface area (Å²) in [6.45, 7) is 0.580. The molecule has 0 aliphatic rings. The van der Waals surface area contributed by atoms with Gasteiger partial charge >= 0.3 is 0 Å².